The van der Waals surface area contributed by atoms with E-state index in [4.69, 9.17) is 4.74 Å². The van der Waals surface area contributed by atoms with Crippen LogP contribution in [0.2, 0.25) is 0 Å². The van der Waals surface area contributed by atoms with Gasteiger partial charge in [0.05, 0.1) is 24.8 Å². The number of nitrogens with zero attached hydrogens (tertiary/aromatic N) is 3. The van der Waals surface area contributed by atoms with E-state index in [0.717, 1.165) is 0 Å². The van der Waals surface area contributed by atoms with Gasteiger partial charge in [0.25, 0.3) is 0 Å². The molecule has 0 aromatic rings. The Morgan fingerprint density at radius 2 is 2.08 bits per heavy atom. The first-order chi connectivity index (χ1) is 11.0. The molecule has 2 atom stereocenters. The van der Waals surface area contributed by atoms with Gasteiger partial charge < -0.3 is 14.7 Å². The second-order valence-corrected chi connectivity index (χ2v) is 7.56. The van der Waals surface area contributed by atoms with Crippen LogP contribution in [0.15, 0.2) is 5.10 Å². The number of rotatable bonds is 7. The van der Waals surface area contributed by atoms with Gasteiger partial charge in [-0.1, -0.05) is 13.8 Å². The molecule has 0 bridgehead atoms. The lowest BCUT2D eigenvalue weighted by atomic mass is 10.0. The summed E-state index contributed by atoms with van der Waals surface area (Å²) in [7, 11) is 1.63. The SMILES string of the molecule is CCC(O)CC(C)CN1N=C(CN(C)C(=O)OC(C)(C)C)CC1=O. The van der Waals surface area contributed by atoms with Gasteiger partial charge in [0.1, 0.15) is 5.60 Å². The number of hydrazone groups is 1. The van der Waals surface area contributed by atoms with E-state index in [1.807, 2.05) is 34.6 Å². The first-order valence-electron chi connectivity index (χ1n) is 8.50. The topological polar surface area (TPSA) is 82.4 Å². The highest BCUT2D eigenvalue weighted by atomic mass is 16.6. The molecule has 0 saturated carbocycles. The summed E-state index contributed by atoms with van der Waals surface area (Å²) >= 11 is 0. The van der Waals surface area contributed by atoms with E-state index in [1.54, 1.807) is 7.05 Å². The fourth-order valence-electron chi connectivity index (χ4n) is 2.44. The van der Waals surface area contributed by atoms with E-state index in [9.17, 15) is 14.7 Å². The van der Waals surface area contributed by atoms with Gasteiger partial charge in [0.15, 0.2) is 0 Å². The second-order valence-electron chi connectivity index (χ2n) is 7.56. The summed E-state index contributed by atoms with van der Waals surface area (Å²) in [4.78, 5) is 25.5. The standard InChI is InChI=1S/C17H31N3O4/c1-7-14(21)8-12(2)10-20-15(22)9-13(18-20)11-19(6)16(23)24-17(3,4)5/h12,14,21H,7-11H2,1-6H3. The Morgan fingerprint density at radius 3 is 2.62 bits per heavy atom. The highest BCUT2D eigenvalue weighted by Gasteiger charge is 2.28. The van der Waals surface area contributed by atoms with Gasteiger partial charge in [-0.15, -0.1) is 0 Å². The number of carbonyl (C=O) groups is 2. The van der Waals surface area contributed by atoms with Crippen LogP contribution < -0.4 is 0 Å². The van der Waals surface area contributed by atoms with Crippen molar-refractivity contribution < 1.29 is 19.4 Å². The van der Waals surface area contributed by atoms with Gasteiger partial charge >= 0.3 is 6.09 Å². The maximum Gasteiger partial charge on any atom is 0.410 e. The van der Waals surface area contributed by atoms with Crippen LogP contribution in [0.3, 0.4) is 0 Å². The molecule has 1 N–H and O–H groups in total. The summed E-state index contributed by atoms with van der Waals surface area (Å²) in [5.74, 6) is 0.0935. The molecule has 7 nitrogen and oxygen atoms in total. The summed E-state index contributed by atoms with van der Waals surface area (Å²) in [6, 6.07) is 0. The Kier molecular flexibility index (Phi) is 7.20. The molecule has 1 heterocycles. The molecule has 0 spiro atoms. The predicted molar refractivity (Wildman–Crippen MR) is 92.7 cm³/mol. The Bertz CT molecular complexity index is 485. The van der Waals surface area contributed by atoms with Gasteiger partial charge in [0, 0.05) is 13.6 Å². The van der Waals surface area contributed by atoms with Crippen molar-refractivity contribution in [2.45, 2.75) is 65.6 Å². The molecule has 0 radical (unpaired) electrons. The van der Waals surface area contributed by atoms with Crippen molar-refractivity contribution in [1.82, 2.24) is 9.91 Å². The maximum atomic E-state index is 12.1. The molecule has 1 aliphatic heterocycles. The van der Waals surface area contributed by atoms with Crippen LogP contribution in [0.5, 0.6) is 0 Å². The summed E-state index contributed by atoms with van der Waals surface area (Å²) in [6.07, 6.45) is 0.780. The molecule has 0 fully saturated rings. The molecular weight excluding hydrogens is 310 g/mol. The average Bonchev–Trinajstić information content (AvgIpc) is 2.76. The average molecular weight is 341 g/mol. The van der Waals surface area contributed by atoms with E-state index in [0.29, 0.717) is 25.1 Å². The van der Waals surface area contributed by atoms with Crippen LogP contribution in [-0.2, 0) is 9.53 Å². The number of ether oxygens (including phenoxy) is 1. The van der Waals surface area contributed by atoms with Gasteiger partial charge in [-0.25, -0.2) is 9.80 Å². The largest absolute Gasteiger partial charge is 0.444 e. The van der Waals surface area contributed by atoms with Gasteiger partial charge in [-0.3, -0.25) is 4.79 Å². The lowest BCUT2D eigenvalue weighted by Gasteiger charge is -2.24. The van der Waals surface area contributed by atoms with Crippen molar-refractivity contribution in [3.63, 3.8) is 0 Å². The predicted octanol–water partition coefficient (Wildman–Crippen LogP) is 2.24. The van der Waals surface area contributed by atoms with Crippen molar-refractivity contribution in [3.05, 3.63) is 0 Å². The van der Waals surface area contributed by atoms with Gasteiger partial charge in [-0.05, 0) is 39.5 Å². The highest BCUT2D eigenvalue weighted by molar-refractivity contribution is 6.06. The maximum absolute atomic E-state index is 12.1. The zero-order chi connectivity index (χ0) is 18.5. The molecule has 138 valence electrons. The van der Waals surface area contributed by atoms with Crippen molar-refractivity contribution in [2.24, 2.45) is 11.0 Å². The third-order valence-electron chi connectivity index (χ3n) is 3.66. The molecule has 0 aliphatic carbocycles. The Hall–Kier alpha value is -1.63. The van der Waals surface area contributed by atoms with E-state index in [2.05, 4.69) is 5.10 Å². The molecule has 1 aliphatic rings. The minimum absolute atomic E-state index is 0.0690. The minimum Gasteiger partial charge on any atom is -0.444 e. The number of aliphatic hydroxyl groups is 1. The molecule has 2 amide bonds. The quantitative estimate of drug-likeness (QED) is 0.770. The van der Waals surface area contributed by atoms with Crippen LogP contribution in [0.25, 0.3) is 0 Å². The van der Waals surface area contributed by atoms with E-state index in [1.165, 1.54) is 9.91 Å². The normalized spacial score (nSPS) is 17.5. The molecule has 2 unspecified atom stereocenters. The van der Waals surface area contributed by atoms with Crippen LogP contribution in [0, 0.1) is 5.92 Å². The molecule has 7 heteroatoms. The second kappa shape index (κ2) is 8.46. The lowest BCUT2D eigenvalue weighted by molar-refractivity contribution is -0.129. The highest BCUT2D eigenvalue weighted by Crippen LogP contribution is 2.16. The first kappa shape index (κ1) is 20.4. The van der Waals surface area contributed by atoms with Crippen molar-refractivity contribution in [3.8, 4) is 0 Å². The number of aliphatic hydroxyl groups excluding tert-OH is 1. The molecule has 24 heavy (non-hydrogen) atoms. The van der Waals surface area contributed by atoms with Crippen LogP contribution >= 0.6 is 0 Å². The van der Waals surface area contributed by atoms with Crippen LogP contribution in [0.4, 0.5) is 4.79 Å². The van der Waals surface area contributed by atoms with Crippen LogP contribution in [-0.4, -0.2) is 64.6 Å². The summed E-state index contributed by atoms with van der Waals surface area (Å²) in [6.45, 7) is 10.1. The minimum atomic E-state index is -0.555. The summed E-state index contributed by atoms with van der Waals surface area (Å²) in [5.41, 5.74) is 0.0943. The Morgan fingerprint density at radius 1 is 1.46 bits per heavy atom. The number of hydrogen-bond acceptors (Lipinski definition) is 5. The fourth-order valence-corrected chi connectivity index (χ4v) is 2.44. The molecule has 0 aromatic heterocycles. The molecule has 1 rings (SSSR count). The zero-order valence-electron chi connectivity index (χ0n) is 15.7. The molecule has 0 saturated heterocycles. The first-order valence-corrected chi connectivity index (χ1v) is 8.50. The Balaban J connectivity index is 2.55. The molecule has 0 aromatic carbocycles. The van der Waals surface area contributed by atoms with Crippen molar-refractivity contribution in [1.29, 1.82) is 0 Å². The summed E-state index contributed by atoms with van der Waals surface area (Å²) in [5, 5.41) is 15.5. The third-order valence-corrected chi connectivity index (χ3v) is 3.66. The van der Waals surface area contributed by atoms with Gasteiger partial charge in [-0.2, -0.15) is 5.10 Å². The van der Waals surface area contributed by atoms with E-state index < -0.39 is 11.7 Å². The number of hydrogen-bond donors (Lipinski definition) is 1. The monoisotopic (exact) mass is 341 g/mol. The zero-order valence-corrected chi connectivity index (χ0v) is 15.7. The lowest BCUT2D eigenvalue weighted by Crippen LogP contribution is -2.37. The Labute approximate surface area is 144 Å². The smallest absolute Gasteiger partial charge is 0.410 e. The van der Waals surface area contributed by atoms with E-state index >= 15 is 0 Å². The van der Waals surface area contributed by atoms with Crippen molar-refractivity contribution in [2.75, 3.05) is 20.1 Å². The summed E-state index contributed by atoms with van der Waals surface area (Å²) < 4.78 is 5.29. The molecular formula is C17H31N3O4. The van der Waals surface area contributed by atoms with Gasteiger partial charge in [0.2, 0.25) is 5.91 Å². The van der Waals surface area contributed by atoms with E-state index in [-0.39, 0.29) is 30.9 Å². The number of carbonyl (C=O) groups excluding carboxylic acids is 2. The third kappa shape index (κ3) is 6.86. The van der Waals surface area contributed by atoms with Crippen molar-refractivity contribution >= 4 is 17.7 Å². The van der Waals surface area contributed by atoms with Crippen LogP contribution in [0.1, 0.15) is 53.9 Å². The number of amides is 2. The fraction of sp³-hybridized carbons (Fsp3) is 0.824.